The number of rotatable bonds is 7. The SMILES string of the molecule is CCCCCCCC(C)N=[N+]=[N-]. The molecule has 0 aliphatic carbocycles. The fourth-order valence-corrected chi connectivity index (χ4v) is 1.19. The van der Waals surface area contributed by atoms with E-state index in [0.29, 0.717) is 0 Å². The Bertz CT molecular complexity index is 139. The zero-order valence-electron chi connectivity index (χ0n) is 8.16. The predicted octanol–water partition coefficient (Wildman–Crippen LogP) is 4.05. The highest BCUT2D eigenvalue weighted by Gasteiger charge is 1.96. The van der Waals surface area contributed by atoms with Crippen LogP contribution in [0.4, 0.5) is 0 Å². The van der Waals surface area contributed by atoms with Gasteiger partial charge in [0, 0.05) is 11.0 Å². The minimum atomic E-state index is 0.177. The molecule has 0 amide bonds. The van der Waals surface area contributed by atoms with Gasteiger partial charge in [-0.15, -0.1) is 0 Å². The molecule has 1 atom stereocenters. The summed E-state index contributed by atoms with van der Waals surface area (Å²) < 4.78 is 0. The molecule has 0 bridgehead atoms. The van der Waals surface area contributed by atoms with Crippen molar-refractivity contribution in [1.82, 2.24) is 0 Å². The van der Waals surface area contributed by atoms with Gasteiger partial charge in [0.05, 0.1) is 0 Å². The lowest BCUT2D eigenvalue weighted by Crippen LogP contribution is -1.95. The number of hydrogen-bond acceptors (Lipinski definition) is 1. The van der Waals surface area contributed by atoms with Crippen molar-refractivity contribution in [1.29, 1.82) is 0 Å². The maximum atomic E-state index is 8.14. The highest BCUT2D eigenvalue weighted by Crippen LogP contribution is 2.08. The van der Waals surface area contributed by atoms with Crippen LogP contribution in [0.25, 0.3) is 10.4 Å². The van der Waals surface area contributed by atoms with Crippen LogP contribution in [0.3, 0.4) is 0 Å². The van der Waals surface area contributed by atoms with E-state index in [4.69, 9.17) is 5.53 Å². The number of unbranched alkanes of at least 4 members (excludes halogenated alkanes) is 4. The molecule has 0 radical (unpaired) electrons. The Morgan fingerprint density at radius 2 is 1.92 bits per heavy atom. The molecule has 0 heterocycles. The zero-order chi connectivity index (χ0) is 9.23. The van der Waals surface area contributed by atoms with E-state index in [2.05, 4.69) is 16.9 Å². The summed E-state index contributed by atoms with van der Waals surface area (Å²) in [5.74, 6) is 0. The molecule has 3 nitrogen and oxygen atoms in total. The summed E-state index contributed by atoms with van der Waals surface area (Å²) in [5, 5.41) is 3.62. The van der Waals surface area contributed by atoms with Gasteiger partial charge in [0.2, 0.25) is 0 Å². The quantitative estimate of drug-likeness (QED) is 0.239. The molecule has 0 rings (SSSR count). The largest absolute Gasteiger partial charge is 0.0909 e. The van der Waals surface area contributed by atoms with Crippen LogP contribution < -0.4 is 0 Å². The van der Waals surface area contributed by atoms with Gasteiger partial charge in [-0.3, -0.25) is 0 Å². The molecule has 70 valence electrons. The van der Waals surface area contributed by atoms with E-state index in [1.54, 1.807) is 0 Å². The minimum absolute atomic E-state index is 0.177. The van der Waals surface area contributed by atoms with Gasteiger partial charge >= 0.3 is 0 Å². The predicted molar refractivity (Wildman–Crippen MR) is 52.0 cm³/mol. The normalized spacial score (nSPS) is 12.2. The van der Waals surface area contributed by atoms with E-state index in [1.807, 2.05) is 6.92 Å². The minimum Gasteiger partial charge on any atom is -0.0909 e. The van der Waals surface area contributed by atoms with Gasteiger partial charge in [0.15, 0.2) is 0 Å². The molecule has 0 saturated heterocycles. The summed E-state index contributed by atoms with van der Waals surface area (Å²) in [6, 6.07) is 0.177. The van der Waals surface area contributed by atoms with Gasteiger partial charge in [-0.05, 0) is 12.0 Å². The van der Waals surface area contributed by atoms with Gasteiger partial charge in [-0.1, -0.05) is 51.1 Å². The van der Waals surface area contributed by atoms with Crippen molar-refractivity contribution in [2.24, 2.45) is 5.11 Å². The Hall–Kier alpha value is -0.690. The first kappa shape index (κ1) is 11.3. The molecule has 3 heteroatoms. The van der Waals surface area contributed by atoms with Crippen molar-refractivity contribution in [2.75, 3.05) is 0 Å². The van der Waals surface area contributed by atoms with Gasteiger partial charge < -0.3 is 0 Å². The smallest absolute Gasteiger partial charge is 0.0345 e. The Labute approximate surface area is 74.8 Å². The van der Waals surface area contributed by atoms with Crippen LogP contribution in [-0.4, -0.2) is 6.04 Å². The number of nitrogens with zero attached hydrogens (tertiary/aromatic N) is 3. The lowest BCUT2D eigenvalue weighted by Gasteiger charge is -2.02. The summed E-state index contributed by atoms with van der Waals surface area (Å²) in [5.41, 5.74) is 8.14. The first-order valence-electron chi connectivity index (χ1n) is 4.85. The van der Waals surface area contributed by atoms with Crippen molar-refractivity contribution in [3.8, 4) is 0 Å². The first-order chi connectivity index (χ1) is 5.81. The van der Waals surface area contributed by atoms with Crippen LogP contribution in [0.5, 0.6) is 0 Å². The lowest BCUT2D eigenvalue weighted by atomic mass is 10.1. The summed E-state index contributed by atoms with van der Waals surface area (Å²) in [4.78, 5) is 2.78. The molecule has 0 aromatic carbocycles. The van der Waals surface area contributed by atoms with Crippen molar-refractivity contribution >= 4 is 0 Å². The third-order valence-corrected chi connectivity index (χ3v) is 1.97. The van der Waals surface area contributed by atoms with E-state index in [1.165, 1.54) is 32.1 Å². The zero-order valence-corrected chi connectivity index (χ0v) is 8.16. The monoisotopic (exact) mass is 169 g/mol. The number of azide groups is 1. The van der Waals surface area contributed by atoms with Crippen molar-refractivity contribution in [3.63, 3.8) is 0 Å². The van der Waals surface area contributed by atoms with Crippen LogP contribution in [0, 0.1) is 0 Å². The Morgan fingerprint density at radius 1 is 1.25 bits per heavy atom. The second-order valence-electron chi connectivity index (χ2n) is 3.26. The van der Waals surface area contributed by atoms with Crippen molar-refractivity contribution < 1.29 is 0 Å². The van der Waals surface area contributed by atoms with Crippen LogP contribution in [0.15, 0.2) is 5.11 Å². The van der Waals surface area contributed by atoms with Gasteiger partial charge in [-0.2, -0.15) is 0 Å². The lowest BCUT2D eigenvalue weighted by molar-refractivity contribution is 0.562. The van der Waals surface area contributed by atoms with Crippen molar-refractivity contribution in [2.45, 2.75) is 58.4 Å². The van der Waals surface area contributed by atoms with E-state index in [0.717, 1.165) is 6.42 Å². The van der Waals surface area contributed by atoms with Crippen LogP contribution in [-0.2, 0) is 0 Å². The highest BCUT2D eigenvalue weighted by molar-refractivity contribution is 4.60. The standard InChI is InChI=1S/C9H19N3/c1-3-4-5-6-7-8-9(2)11-12-10/h9H,3-8H2,1-2H3. The van der Waals surface area contributed by atoms with E-state index < -0.39 is 0 Å². The molecule has 0 aliphatic heterocycles. The Kier molecular flexibility index (Phi) is 7.92. The summed E-state index contributed by atoms with van der Waals surface area (Å²) in [6.07, 6.45) is 7.44. The maximum absolute atomic E-state index is 8.14. The van der Waals surface area contributed by atoms with Crippen LogP contribution in [0.2, 0.25) is 0 Å². The second kappa shape index (κ2) is 8.41. The molecule has 0 aromatic heterocycles. The average Bonchev–Trinajstić information content (AvgIpc) is 2.05. The summed E-state index contributed by atoms with van der Waals surface area (Å²) in [6.45, 7) is 4.18. The Balaban J connectivity index is 3.13. The van der Waals surface area contributed by atoms with Crippen LogP contribution in [0.1, 0.15) is 52.4 Å². The third-order valence-electron chi connectivity index (χ3n) is 1.97. The summed E-state index contributed by atoms with van der Waals surface area (Å²) >= 11 is 0. The average molecular weight is 169 g/mol. The number of hydrogen-bond donors (Lipinski definition) is 0. The second-order valence-corrected chi connectivity index (χ2v) is 3.26. The molecule has 0 spiro atoms. The van der Waals surface area contributed by atoms with E-state index >= 15 is 0 Å². The van der Waals surface area contributed by atoms with Gasteiger partial charge in [0.25, 0.3) is 0 Å². The molecular weight excluding hydrogens is 150 g/mol. The van der Waals surface area contributed by atoms with E-state index in [9.17, 15) is 0 Å². The molecule has 0 fully saturated rings. The molecule has 0 aliphatic rings. The fourth-order valence-electron chi connectivity index (χ4n) is 1.19. The molecule has 12 heavy (non-hydrogen) atoms. The molecular formula is C9H19N3. The maximum Gasteiger partial charge on any atom is 0.0345 e. The molecule has 1 unspecified atom stereocenters. The molecule has 0 saturated carbocycles. The van der Waals surface area contributed by atoms with Crippen molar-refractivity contribution in [3.05, 3.63) is 10.4 Å². The topological polar surface area (TPSA) is 48.8 Å². The van der Waals surface area contributed by atoms with Gasteiger partial charge in [0.1, 0.15) is 0 Å². The highest BCUT2D eigenvalue weighted by atomic mass is 15.1. The third kappa shape index (κ3) is 7.42. The fraction of sp³-hybridized carbons (Fsp3) is 1.00. The van der Waals surface area contributed by atoms with Crippen LogP contribution >= 0.6 is 0 Å². The Morgan fingerprint density at radius 3 is 2.50 bits per heavy atom. The van der Waals surface area contributed by atoms with E-state index in [-0.39, 0.29) is 6.04 Å². The molecule has 0 aromatic rings. The molecule has 0 N–H and O–H groups in total. The summed E-state index contributed by atoms with van der Waals surface area (Å²) in [7, 11) is 0. The van der Waals surface area contributed by atoms with Gasteiger partial charge in [-0.25, -0.2) is 0 Å². The first-order valence-corrected chi connectivity index (χ1v) is 4.85.